The first-order valence-electron chi connectivity index (χ1n) is 3.56. The molecule has 0 bridgehead atoms. The molecule has 11 heavy (non-hydrogen) atoms. The Labute approximate surface area is 71.9 Å². The van der Waals surface area contributed by atoms with Crippen molar-refractivity contribution < 1.29 is 4.79 Å². The Morgan fingerprint density at radius 3 is 2.36 bits per heavy atom. The fourth-order valence-electron chi connectivity index (χ4n) is 0.411. The third-order valence-corrected chi connectivity index (χ3v) is 2.71. The van der Waals surface area contributed by atoms with E-state index < -0.39 is 11.4 Å². The number of rotatable bonds is 4. The first-order chi connectivity index (χ1) is 4.86. The van der Waals surface area contributed by atoms with E-state index in [1.807, 2.05) is 0 Å². The maximum atomic E-state index is 10.7. The third kappa shape index (κ3) is 4.27. The fraction of sp³-hybridized carbons (Fsp3) is 0.857. The average Bonchev–Trinajstić information content (AvgIpc) is 1.84. The summed E-state index contributed by atoms with van der Waals surface area (Å²) in [4.78, 5) is 10.7. The first kappa shape index (κ1) is 10.8. The van der Waals surface area contributed by atoms with Gasteiger partial charge in [0.2, 0.25) is 5.91 Å². The van der Waals surface area contributed by atoms with E-state index in [0.29, 0.717) is 11.0 Å². The molecule has 0 aliphatic carbocycles. The van der Waals surface area contributed by atoms with Crippen LogP contribution in [0.1, 0.15) is 20.8 Å². The van der Waals surface area contributed by atoms with Gasteiger partial charge in [-0.2, -0.15) is 11.8 Å². The van der Waals surface area contributed by atoms with E-state index in [0.717, 1.165) is 0 Å². The normalized spacial score (nSPS) is 16.5. The van der Waals surface area contributed by atoms with Crippen molar-refractivity contribution in [1.82, 2.24) is 0 Å². The zero-order chi connectivity index (χ0) is 9.07. The van der Waals surface area contributed by atoms with E-state index in [-0.39, 0.29) is 0 Å². The molecule has 0 heterocycles. The predicted molar refractivity (Wildman–Crippen MR) is 49.4 cm³/mol. The maximum Gasteiger partial charge on any atom is 0.238 e. The van der Waals surface area contributed by atoms with Crippen LogP contribution in [-0.4, -0.2) is 22.4 Å². The lowest BCUT2D eigenvalue weighted by molar-refractivity contribution is -0.121. The minimum Gasteiger partial charge on any atom is -0.368 e. The zero-order valence-corrected chi connectivity index (χ0v) is 8.07. The summed E-state index contributed by atoms with van der Waals surface area (Å²) in [5.41, 5.74) is 9.83. The van der Waals surface area contributed by atoms with Crippen molar-refractivity contribution in [1.29, 1.82) is 0 Å². The largest absolute Gasteiger partial charge is 0.368 e. The summed E-state index contributed by atoms with van der Waals surface area (Å²) in [5.74, 6) is 0.144. The molecular formula is C7H16N2OS. The number of thioether (sulfide) groups is 1. The number of carbonyl (C=O) groups excluding carboxylic acids is 1. The standard InChI is InChI=1S/C7H16N2OS/c1-5(2)11-4-7(3,9)6(8)10/h5H,4,9H2,1-3H3,(H2,8,10). The van der Waals surface area contributed by atoms with Crippen LogP contribution in [0.3, 0.4) is 0 Å². The highest BCUT2D eigenvalue weighted by Crippen LogP contribution is 2.14. The Morgan fingerprint density at radius 2 is 2.09 bits per heavy atom. The highest BCUT2D eigenvalue weighted by Gasteiger charge is 2.25. The second-order valence-corrected chi connectivity index (χ2v) is 4.71. The molecule has 0 radical (unpaired) electrons. The molecule has 1 atom stereocenters. The van der Waals surface area contributed by atoms with Gasteiger partial charge < -0.3 is 11.5 Å². The molecule has 0 aromatic carbocycles. The maximum absolute atomic E-state index is 10.7. The summed E-state index contributed by atoms with van der Waals surface area (Å²) in [6.07, 6.45) is 0. The zero-order valence-electron chi connectivity index (χ0n) is 7.26. The Balaban J connectivity index is 3.83. The SMILES string of the molecule is CC(C)SCC(C)(N)C(N)=O. The molecule has 0 aromatic heterocycles. The van der Waals surface area contributed by atoms with Crippen LogP contribution in [0.4, 0.5) is 0 Å². The molecule has 66 valence electrons. The number of carbonyl (C=O) groups is 1. The van der Waals surface area contributed by atoms with Gasteiger partial charge in [0.05, 0.1) is 0 Å². The van der Waals surface area contributed by atoms with Crippen molar-refractivity contribution in [3.05, 3.63) is 0 Å². The van der Waals surface area contributed by atoms with Crippen LogP contribution in [0.2, 0.25) is 0 Å². The monoisotopic (exact) mass is 176 g/mol. The molecule has 0 spiro atoms. The van der Waals surface area contributed by atoms with Crippen LogP contribution in [0.25, 0.3) is 0 Å². The lowest BCUT2D eigenvalue weighted by Gasteiger charge is -2.20. The second kappa shape index (κ2) is 3.97. The molecule has 1 amide bonds. The smallest absolute Gasteiger partial charge is 0.238 e. The van der Waals surface area contributed by atoms with Gasteiger partial charge in [-0.15, -0.1) is 0 Å². The van der Waals surface area contributed by atoms with Gasteiger partial charge >= 0.3 is 0 Å². The van der Waals surface area contributed by atoms with Crippen LogP contribution in [-0.2, 0) is 4.79 Å². The summed E-state index contributed by atoms with van der Waals surface area (Å²) in [5, 5.41) is 0.484. The van der Waals surface area contributed by atoms with Crippen molar-refractivity contribution in [2.75, 3.05) is 5.75 Å². The van der Waals surface area contributed by atoms with E-state index in [1.54, 1.807) is 18.7 Å². The van der Waals surface area contributed by atoms with Crippen molar-refractivity contribution in [2.45, 2.75) is 31.6 Å². The highest BCUT2D eigenvalue weighted by molar-refractivity contribution is 7.99. The average molecular weight is 176 g/mol. The summed E-state index contributed by atoms with van der Waals surface area (Å²) >= 11 is 1.64. The molecule has 0 rings (SSSR count). The van der Waals surface area contributed by atoms with Gasteiger partial charge in [0.15, 0.2) is 0 Å². The van der Waals surface area contributed by atoms with E-state index in [9.17, 15) is 4.79 Å². The van der Waals surface area contributed by atoms with Gasteiger partial charge in [-0.25, -0.2) is 0 Å². The van der Waals surface area contributed by atoms with Crippen molar-refractivity contribution >= 4 is 17.7 Å². The van der Waals surface area contributed by atoms with Crippen molar-refractivity contribution in [3.63, 3.8) is 0 Å². The summed E-state index contributed by atoms with van der Waals surface area (Å²) < 4.78 is 0. The predicted octanol–water partition coefficient (Wildman–Crippen LogP) is 0.331. The molecule has 0 saturated carbocycles. The van der Waals surface area contributed by atoms with Crippen molar-refractivity contribution in [3.8, 4) is 0 Å². The number of hydrogen-bond donors (Lipinski definition) is 2. The summed E-state index contributed by atoms with van der Waals surface area (Å²) in [6.45, 7) is 5.77. The van der Waals surface area contributed by atoms with Gasteiger partial charge in [0.25, 0.3) is 0 Å². The molecule has 4 heteroatoms. The Kier molecular flexibility index (Phi) is 3.89. The third-order valence-electron chi connectivity index (χ3n) is 1.28. The van der Waals surface area contributed by atoms with Gasteiger partial charge in [-0.05, 0) is 12.2 Å². The minimum absolute atomic E-state index is 0.439. The van der Waals surface area contributed by atoms with Crippen LogP contribution in [0.15, 0.2) is 0 Å². The quantitative estimate of drug-likeness (QED) is 0.648. The van der Waals surface area contributed by atoms with Gasteiger partial charge in [0, 0.05) is 5.75 Å². The Morgan fingerprint density at radius 1 is 1.64 bits per heavy atom. The Bertz CT molecular complexity index is 145. The molecule has 0 aliphatic heterocycles. The van der Waals surface area contributed by atoms with Crippen LogP contribution < -0.4 is 11.5 Å². The number of amides is 1. The number of primary amides is 1. The molecule has 0 fully saturated rings. The number of hydrogen-bond acceptors (Lipinski definition) is 3. The molecule has 4 N–H and O–H groups in total. The van der Waals surface area contributed by atoms with E-state index in [1.165, 1.54) is 0 Å². The van der Waals surface area contributed by atoms with E-state index in [4.69, 9.17) is 11.5 Å². The van der Waals surface area contributed by atoms with Gasteiger partial charge in [-0.1, -0.05) is 13.8 Å². The van der Waals surface area contributed by atoms with E-state index in [2.05, 4.69) is 13.8 Å². The molecule has 0 aromatic rings. The summed E-state index contributed by atoms with van der Waals surface area (Å²) in [6, 6.07) is 0. The second-order valence-electron chi connectivity index (χ2n) is 3.14. The topological polar surface area (TPSA) is 69.1 Å². The minimum atomic E-state index is -0.866. The lowest BCUT2D eigenvalue weighted by atomic mass is 10.1. The fourth-order valence-corrected chi connectivity index (χ4v) is 1.23. The molecule has 0 saturated heterocycles. The van der Waals surface area contributed by atoms with Crippen molar-refractivity contribution in [2.24, 2.45) is 11.5 Å². The number of nitrogens with two attached hydrogens (primary N) is 2. The van der Waals surface area contributed by atoms with Crippen LogP contribution in [0, 0.1) is 0 Å². The van der Waals surface area contributed by atoms with Gasteiger partial charge in [0.1, 0.15) is 5.54 Å². The van der Waals surface area contributed by atoms with Gasteiger partial charge in [-0.3, -0.25) is 4.79 Å². The highest BCUT2D eigenvalue weighted by atomic mass is 32.2. The molecular weight excluding hydrogens is 160 g/mol. The molecule has 3 nitrogen and oxygen atoms in total. The lowest BCUT2D eigenvalue weighted by Crippen LogP contribution is -2.51. The summed E-state index contributed by atoms with van der Waals surface area (Å²) in [7, 11) is 0. The van der Waals surface area contributed by atoms with Crippen LogP contribution in [0.5, 0.6) is 0 Å². The Hall–Kier alpha value is -0.220. The van der Waals surface area contributed by atoms with E-state index >= 15 is 0 Å². The molecule has 0 aliphatic rings. The first-order valence-corrected chi connectivity index (χ1v) is 4.61. The molecule has 1 unspecified atom stereocenters. The van der Waals surface area contributed by atoms with Crippen LogP contribution >= 0.6 is 11.8 Å².